The Morgan fingerprint density at radius 3 is 2.47 bits per heavy atom. The Bertz CT molecular complexity index is 317. The summed E-state index contributed by atoms with van der Waals surface area (Å²) in [6.07, 6.45) is 0. The lowest BCUT2D eigenvalue weighted by Crippen LogP contribution is -2.38. The van der Waals surface area contributed by atoms with Crippen LogP contribution >= 0.6 is 0 Å². The van der Waals surface area contributed by atoms with Crippen LogP contribution in [0.25, 0.3) is 5.57 Å². The molecule has 1 rings (SSSR count). The molecule has 0 aliphatic carbocycles. The molecule has 0 aliphatic heterocycles. The normalized spacial score (nSPS) is 10.7. The van der Waals surface area contributed by atoms with Crippen molar-refractivity contribution in [1.29, 1.82) is 0 Å². The van der Waals surface area contributed by atoms with E-state index in [0.717, 1.165) is 11.1 Å². The Morgan fingerprint density at radius 2 is 1.93 bits per heavy atom. The Hall–Kier alpha value is -1.19. The maximum atomic E-state index is 12.7. The van der Waals surface area contributed by atoms with E-state index in [1.807, 2.05) is 13.8 Å². The number of hydrogen-bond acceptors (Lipinski definition) is 2. The van der Waals surface area contributed by atoms with Crippen molar-refractivity contribution >= 4 is 5.57 Å². The predicted octanol–water partition coefficient (Wildman–Crippen LogP) is 2.34. The molecular weight excluding hydrogens is 191 g/mol. The first-order valence-electron chi connectivity index (χ1n) is 5.01. The molecular formula is C12H17FN2. The number of benzene rings is 1. The van der Waals surface area contributed by atoms with Crippen molar-refractivity contribution in [3.05, 3.63) is 42.2 Å². The summed E-state index contributed by atoms with van der Waals surface area (Å²) in [6.45, 7) is 8.67. The van der Waals surface area contributed by atoms with Crippen LogP contribution in [0.1, 0.15) is 19.4 Å². The summed E-state index contributed by atoms with van der Waals surface area (Å²) in [5, 5.41) is 0. The average molecular weight is 208 g/mol. The Kier molecular flexibility index (Phi) is 4.46. The van der Waals surface area contributed by atoms with Gasteiger partial charge in [-0.1, -0.05) is 18.7 Å². The maximum Gasteiger partial charge on any atom is 0.123 e. The summed E-state index contributed by atoms with van der Waals surface area (Å²) in [6, 6.07) is 6.72. The molecule has 0 fully saturated rings. The molecule has 0 bridgehead atoms. The number of rotatable bonds is 5. The average Bonchev–Trinajstić information content (AvgIpc) is 2.18. The summed E-state index contributed by atoms with van der Waals surface area (Å²) < 4.78 is 12.7. The van der Waals surface area contributed by atoms with Crippen LogP contribution < -0.4 is 10.9 Å². The summed E-state index contributed by atoms with van der Waals surface area (Å²) in [7, 11) is 0. The van der Waals surface area contributed by atoms with Crippen LogP contribution in [0.4, 0.5) is 4.39 Å². The van der Waals surface area contributed by atoms with Crippen LogP contribution in [0, 0.1) is 5.82 Å². The van der Waals surface area contributed by atoms with Crippen LogP contribution in [0.15, 0.2) is 30.8 Å². The van der Waals surface area contributed by atoms with Crippen molar-refractivity contribution < 1.29 is 4.39 Å². The van der Waals surface area contributed by atoms with E-state index >= 15 is 0 Å². The van der Waals surface area contributed by atoms with Crippen molar-refractivity contribution in [3.8, 4) is 0 Å². The number of halogens is 1. The topological polar surface area (TPSA) is 24.1 Å². The van der Waals surface area contributed by atoms with Gasteiger partial charge in [0.15, 0.2) is 0 Å². The first-order chi connectivity index (χ1) is 7.09. The standard InChI is InChI=1S/C12H17FN2/c1-9(2)15-14-8-10(3)11-4-6-12(13)7-5-11/h4-7,9,14-15H,3,8H2,1-2H3. The second kappa shape index (κ2) is 5.63. The minimum atomic E-state index is -0.222. The molecule has 0 saturated carbocycles. The fourth-order valence-electron chi connectivity index (χ4n) is 1.15. The molecule has 3 heteroatoms. The first-order valence-corrected chi connectivity index (χ1v) is 5.01. The van der Waals surface area contributed by atoms with E-state index < -0.39 is 0 Å². The van der Waals surface area contributed by atoms with Gasteiger partial charge in [0.05, 0.1) is 0 Å². The van der Waals surface area contributed by atoms with Crippen molar-refractivity contribution in [2.45, 2.75) is 19.9 Å². The summed E-state index contributed by atoms with van der Waals surface area (Å²) >= 11 is 0. The van der Waals surface area contributed by atoms with Gasteiger partial charge in [0.25, 0.3) is 0 Å². The van der Waals surface area contributed by atoms with Crippen LogP contribution in [0.2, 0.25) is 0 Å². The zero-order valence-corrected chi connectivity index (χ0v) is 9.18. The van der Waals surface area contributed by atoms with Gasteiger partial charge in [-0.15, -0.1) is 0 Å². The first kappa shape index (κ1) is 11.9. The lowest BCUT2D eigenvalue weighted by Gasteiger charge is -2.11. The minimum Gasteiger partial charge on any atom is -0.255 e. The van der Waals surface area contributed by atoms with Gasteiger partial charge in [0.1, 0.15) is 5.82 Å². The van der Waals surface area contributed by atoms with E-state index in [1.54, 1.807) is 12.1 Å². The number of nitrogens with one attached hydrogen (secondary N) is 2. The highest BCUT2D eigenvalue weighted by Gasteiger charge is 1.99. The van der Waals surface area contributed by atoms with E-state index in [4.69, 9.17) is 0 Å². The molecule has 0 unspecified atom stereocenters. The van der Waals surface area contributed by atoms with Gasteiger partial charge in [0, 0.05) is 12.6 Å². The van der Waals surface area contributed by atoms with Gasteiger partial charge >= 0.3 is 0 Å². The second-order valence-corrected chi connectivity index (χ2v) is 3.76. The summed E-state index contributed by atoms with van der Waals surface area (Å²) in [4.78, 5) is 0. The van der Waals surface area contributed by atoms with Crippen LogP contribution in [-0.2, 0) is 0 Å². The number of hydrazine groups is 1. The third-order valence-electron chi connectivity index (χ3n) is 1.94. The van der Waals surface area contributed by atoms with Gasteiger partial charge in [-0.25, -0.2) is 4.39 Å². The maximum absolute atomic E-state index is 12.7. The Morgan fingerprint density at radius 1 is 1.33 bits per heavy atom. The molecule has 0 spiro atoms. The third-order valence-corrected chi connectivity index (χ3v) is 1.94. The van der Waals surface area contributed by atoms with Crippen molar-refractivity contribution in [2.75, 3.05) is 6.54 Å². The molecule has 1 aromatic rings. The predicted molar refractivity (Wildman–Crippen MR) is 61.7 cm³/mol. The molecule has 0 heterocycles. The van der Waals surface area contributed by atoms with Crippen molar-refractivity contribution in [3.63, 3.8) is 0 Å². The smallest absolute Gasteiger partial charge is 0.123 e. The summed E-state index contributed by atoms with van der Waals surface area (Å²) in [5.74, 6) is -0.222. The SMILES string of the molecule is C=C(CNNC(C)C)c1ccc(F)cc1. The minimum absolute atomic E-state index is 0.222. The molecule has 0 atom stereocenters. The lowest BCUT2D eigenvalue weighted by atomic mass is 10.1. The Balaban J connectivity index is 2.43. The van der Waals surface area contributed by atoms with Gasteiger partial charge < -0.3 is 0 Å². The van der Waals surface area contributed by atoms with E-state index in [1.165, 1.54) is 12.1 Å². The fourth-order valence-corrected chi connectivity index (χ4v) is 1.15. The van der Waals surface area contributed by atoms with Crippen LogP contribution in [0.5, 0.6) is 0 Å². The molecule has 0 aromatic heterocycles. The molecule has 2 N–H and O–H groups in total. The second-order valence-electron chi connectivity index (χ2n) is 3.76. The van der Waals surface area contributed by atoms with E-state index in [-0.39, 0.29) is 5.82 Å². The molecule has 1 aromatic carbocycles. The summed E-state index contributed by atoms with van der Waals surface area (Å²) in [5.41, 5.74) is 8.01. The zero-order chi connectivity index (χ0) is 11.3. The van der Waals surface area contributed by atoms with Crippen LogP contribution in [0.3, 0.4) is 0 Å². The molecule has 0 radical (unpaired) electrons. The highest BCUT2D eigenvalue weighted by Crippen LogP contribution is 2.11. The lowest BCUT2D eigenvalue weighted by molar-refractivity contribution is 0.500. The van der Waals surface area contributed by atoms with Crippen molar-refractivity contribution in [2.24, 2.45) is 0 Å². The quantitative estimate of drug-likeness (QED) is 0.726. The van der Waals surface area contributed by atoms with Crippen molar-refractivity contribution in [1.82, 2.24) is 10.9 Å². The third kappa shape index (κ3) is 4.23. The van der Waals surface area contributed by atoms with E-state index in [9.17, 15) is 4.39 Å². The highest BCUT2D eigenvalue weighted by molar-refractivity contribution is 5.64. The molecule has 0 aliphatic rings. The molecule has 2 nitrogen and oxygen atoms in total. The number of hydrogen-bond donors (Lipinski definition) is 2. The van der Waals surface area contributed by atoms with E-state index in [2.05, 4.69) is 17.4 Å². The molecule has 0 amide bonds. The highest BCUT2D eigenvalue weighted by atomic mass is 19.1. The molecule has 15 heavy (non-hydrogen) atoms. The van der Waals surface area contributed by atoms with Gasteiger partial charge in [-0.3, -0.25) is 10.9 Å². The van der Waals surface area contributed by atoms with Gasteiger partial charge in [0.2, 0.25) is 0 Å². The van der Waals surface area contributed by atoms with E-state index in [0.29, 0.717) is 12.6 Å². The fraction of sp³-hybridized carbons (Fsp3) is 0.333. The Labute approximate surface area is 90.2 Å². The zero-order valence-electron chi connectivity index (χ0n) is 9.18. The largest absolute Gasteiger partial charge is 0.255 e. The molecule has 82 valence electrons. The monoisotopic (exact) mass is 208 g/mol. The van der Waals surface area contributed by atoms with Gasteiger partial charge in [-0.2, -0.15) is 0 Å². The van der Waals surface area contributed by atoms with Gasteiger partial charge in [-0.05, 0) is 37.1 Å². The molecule has 0 saturated heterocycles. The van der Waals surface area contributed by atoms with Crippen LogP contribution in [-0.4, -0.2) is 12.6 Å².